The van der Waals surface area contributed by atoms with Crippen LogP contribution in [-0.4, -0.2) is 31.7 Å². The Morgan fingerprint density at radius 1 is 1.30 bits per heavy atom. The number of halogens is 1. The minimum atomic E-state index is -0.648. The van der Waals surface area contributed by atoms with Crippen LogP contribution < -0.4 is 0 Å². The molecule has 0 aliphatic rings. The average molecular weight is 149 g/mol. The average Bonchev–Trinajstić information content (AvgIpc) is 1.91. The van der Waals surface area contributed by atoms with Gasteiger partial charge in [-0.2, -0.15) is 0 Å². The first-order valence-electron chi connectivity index (χ1n) is 3.95. The number of nitrogens with zero attached hydrogens (tertiary/aromatic N) is 1. The number of rotatable bonds is 3. The summed E-state index contributed by atoms with van der Waals surface area (Å²) in [5.41, 5.74) is 0. The molecule has 0 amide bonds. The summed E-state index contributed by atoms with van der Waals surface area (Å²) in [5, 5.41) is 0. The number of hydrogen-bond donors (Lipinski definition) is 0. The summed E-state index contributed by atoms with van der Waals surface area (Å²) in [4.78, 5) is 1.86. The fourth-order valence-electron chi connectivity index (χ4n) is 0.525. The van der Waals surface area contributed by atoms with Gasteiger partial charge in [-0.1, -0.05) is 20.8 Å². The number of hydrogen-bond acceptors (Lipinski definition) is 1. The van der Waals surface area contributed by atoms with Crippen molar-refractivity contribution >= 4 is 0 Å². The zero-order valence-corrected chi connectivity index (χ0v) is 7.82. The topological polar surface area (TPSA) is 3.24 Å². The second-order valence-corrected chi connectivity index (χ2v) is 2.27. The molecule has 1 nitrogen and oxygen atoms in total. The van der Waals surface area contributed by atoms with Gasteiger partial charge in [0, 0.05) is 6.54 Å². The van der Waals surface area contributed by atoms with Gasteiger partial charge in [-0.25, -0.2) is 4.39 Å². The van der Waals surface area contributed by atoms with Crippen LogP contribution in [0.4, 0.5) is 4.39 Å². The van der Waals surface area contributed by atoms with E-state index in [-0.39, 0.29) is 0 Å². The molecule has 0 saturated heterocycles. The van der Waals surface area contributed by atoms with Crippen molar-refractivity contribution in [1.82, 2.24) is 4.90 Å². The van der Waals surface area contributed by atoms with E-state index in [1.54, 1.807) is 0 Å². The van der Waals surface area contributed by atoms with Gasteiger partial charge in [0.25, 0.3) is 0 Å². The first-order chi connectivity index (χ1) is 4.66. The Kier molecular flexibility index (Phi) is 11.2. The second kappa shape index (κ2) is 8.89. The van der Waals surface area contributed by atoms with Crippen LogP contribution in [-0.2, 0) is 0 Å². The molecule has 0 saturated carbocycles. The highest BCUT2D eigenvalue weighted by molar-refractivity contribution is 4.54. The maximum Gasteiger partial charge on any atom is 0.112 e. The molecule has 0 fully saturated rings. The third-order valence-corrected chi connectivity index (χ3v) is 1.01. The van der Waals surface area contributed by atoms with E-state index in [1.165, 1.54) is 0 Å². The Balaban J connectivity index is 0. The highest BCUT2D eigenvalue weighted by Gasteiger charge is 2.02. The first-order valence-corrected chi connectivity index (χ1v) is 3.95. The maximum atomic E-state index is 12.3. The molecule has 0 aromatic rings. The van der Waals surface area contributed by atoms with E-state index in [1.807, 2.05) is 39.8 Å². The van der Waals surface area contributed by atoms with Crippen LogP contribution >= 0.6 is 0 Å². The smallest absolute Gasteiger partial charge is 0.112 e. The van der Waals surface area contributed by atoms with Crippen molar-refractivity contribution in [3.8, 4) is 0 Å². The van der Waals surface area contributed by atoms with Crippen LogP contribution in [0.3, 0.4) is 0 Å². The van der Waals surface area contributed by atoms with Gasteiger partial charge in [-0.05, 0) is 20.5 Å². The summed E-state index contributed by atoms with van der Waals surface area (Å²) in [6.45, 7) is 6.41. The van der Waals surface area contributed by atoms with Crippen molar-refractivity contribution in [2.45, 2.75) is 33.4 Å². The minimum absolute atomic E-state index is 0.552. The summed E-state index contributed by atoms with van der Waals surface area (Å²) in [6, 6.07) is 0. The SMILES string of the molecule is CC.CCC(F)CN(C)C. The normalized spacial score (nSPS) is 12.3. The van der Waals surface area contributed by atoms with Crippen LogP contribution in [0.25, 0.3) is 0 Å². The highest BCUT2D eigenvalue weighted by atomic mass is 19.1. The van der Waals surface area contributed by atoms with Crippen molar-refractivity contribution in [1.29, 1.82) is 0 Å². The van der Waals surface area contributed by atoms with E-state index >= 15 is 0 Å². The third kappa shape index (κ3) is 10.8. The largest absolute Gasteiger partial charge is 0.307 e. The summed E-state index contributed by atoms with van der Waals surface area (Å²) in [5.74, 6) is 0. The van der Waals surface area contributed by atoms with Crippen molar-refractivity contribution in [2.75, 3.05) is 20.6 Å². The van der Waals surface area contributed by atoms with Gasteiger partial charge >= 0.3 is 0 Å². The van der Waals surface area contributed by atoms with Crippen LogP contribution in [0.2, 0.25) is 0 Å². The van der Waals surface area contributed by atoms with Crippen molar-refractivity contribution < 1.29 is 4.39 Å². The molecule has 0 aromatic heterocycles. The van der Waals surface area contributed by atoms with Crippen LogP contribution in [0, 0.1) is 0 Å². The Bertz CT molecular complexity index is 55.2. The summed E-state index contributed by atoms with van der Waals surface area (Å²) >= 11 is 0. The second-order valence-electron chi connectivity index (χ2n) is 2.27. The van der Waals surface area contributed by atoms with Gasteiger partial charge in [0.1, 0.15) is 6.17 Å². The predicted octanol–water partition coefficient (Wildman–Crippen LogP) is 2.32. The van der Waals surface area contributed by atoms with Crippen molar-refractivity contribution in [2.24, 2.45) is 0 Å². The molecule has 64 valence electrons. The van der Waals surface area contributed by atoms with Gasteiger partial charge in [-0.15, -0.1) is 0 Å². The fraction of sp³-hybridized carbons (Fsp3) is 1.00. The molecule has 0 radical (unpaired) electrons. The monoisotopic (exact) mass is 149 g/mol. The Hall–Kier alpha value is -0.110. The first kappa shape index (κ1) is 12.6. The Labute approximate surface area is 64.2 Å². The fourth-order valence-corrected chi connectivity index (χ4v) is 0.525. The summed E-state index contributed by atoms with van der Waals surface area (Å²) < 4.78 is 12.3. The molecule has 0 N–H and O–H groups in total. The van der Waals surface area contributed by atoms with Crippen LogP contribution in [0.15, 0.2) is 0 Å². The van der Waals surface area contributed by atoms with Gasteiger partial charge in [-0.3, -0.25) is 0 Å². The molecule has 0 bridgehead atoms. The molecule has 0 spiro atoms. The molecule has 0 aromatic carbocycles. The standard InChI is InChI=1S/C6H14FN.C2H6/c1-4-6(7)5-8(2)3;1-2/h6H,4-5H2,1-3H3;1-2H3. The molecular formula is C8H20FN. The molecule has 0 rings (SSSR count). The molecule has 0 aliphatic heterocycles. The van der Waals surface area contributed by atoms with E-state index in [4.69, 9.17) is 0 Å². The molecule has 0 heterocycles. The third-order valence-electron chi connectivity index (χ3n) is 1.01. The molecular weight excluding hydrogens is 129 g/mol. The summed E-state index contributed by atoms with van der Waals surface area (Å²) in [7, 11) is 3.75. The lowest BCUT2D eigenvalue weighted by atomic mass is 10.3. The Morgan fingerprint density at radius 2 is 1.70 bits per heavy atom. The van der Waals surface area contributed by atoms with Gasteiger partial charge in [0.15, 0.2) is 0 Å². The van der Waals surface area contributed by atoms with E-state index in [9.17, 15) is 4.39 Å². The van der Waals surface area contributed by atoms with Crippen molar-refractivity contribution in [3.63, 3.8) is 0 Å². The highest BCUT2D eigenvalue weighted by Crippen LogP contribution is 1.96. The predicted molar refractivity (Wildman–Crippen MR) is 45.1 cm³/mol. The van der Waals surface area contributed by atoms with E-state index in [0.717, 1.165) is 0 Å². The van der Waals surface area contributed by atoms with E-state index < -0.39 is 6.17 Å². The zero-order chi connectivity index (χ0) is 8.57. The molecule has 1 unspecified atom stereocenters. The Morgan fingerprint density at radius 3 is 1.80 bits per heavy atom. The summed E-state index contributed by atoms with van der Waals surface area (Å²) in [6.07, 6.45) is -0.0250. The molecule has 10 heavy (non-hydrogen) atoms. The van der Waals surface area contributed by atoms with Crippen molar-refractivity contribution in [3.05, 3.63) is 0 Å². The quantitative estimate of drug-likeness (QED) is 0.595. The number of alkyl halides is 1. The van der Waals surface area contributed by atoms with Crippen LogP contribution in [0.5, 0.6) is 0 Å². The van der Waals surface area contributed by atoms with Gasteiger partial charge in [0.05, 0.1) is 0 Å². The maximum absolute atomic E-state index is 12.3. The molecule has 0 aliphatic carbocycles. The molecule has 1 atom stereocenters. The lowest BCUT2D eigenvalue weighted by Gasteiger charge is -2.10. The van der Waals surface area contributed by atoms with E-state index in [2.05, 4.69) is 0 Å². The minimum Gasteiger partial charge on any atom is -0.307 e. The van der Waals surface area contributed by atoms with Gasteiger partial charge in [0.2, 0.25) is 0 Å². The van der Waals surface area contributed by atoms with Gasteiger partial charge < -0.3 is 4.90 Å². The lowest BCUT2D eigenvalue weighted by Crippen LogP contribution is -2.21. The van der Waals surface area contributed by atoms with Crippen LogP contribution in [0.1, 0.15) is 27.2 Å². The zero-order valence-electron chi connectivity index (χ0n) is 7.82. The van der Waals surface area contributed by atoms with E-state index in [0.29, 0.717) is 13.0 Å². The molecule has 2 heteroatoms. The lowest BCUT2D eigenvalue weighted by molar-refractivity contribution is 0.241.